The highest BCUT2D eigenvalue weighted by molar-refractivity contribution is 5.78. The van der Waals surface area contributed by atoms with Crippen LogP contribution in [-0.2, 0) is 11.3 Å². The van der Waals surface area contributed by atoms with Crippen molar-refractivity contribution in [3.8, 4) is 28.2 Å². The molecule has 3 aromatic carbocycles. The first-order valence-corrected chi connectivity index (χ1v) is 10.6. The Morgan fingerprint density at radius 1 is 1.06 bits per heavy atom. The number of likely N-dealkylation sites (N-methyl/N-ethyl adjacent to an activating group) is 1. The second kappa shape index (κ2) is 10.0. The van der Waals surface area contributed by atoms with E-state index >= 15 is 0 Å². The number of ether oxygens (including phenoxy) is 1. The van der Waals surface area contributed by atoms with Gasteiger partial charge in [-0.1, -0.05) is 54.6 Å². The number of hydrogen-bond acceptors (Lipinski definition) is 6. The summed E-state index contributed by atoms with van der Waals surface area (Å²) in [6, 6.07) is 24.0. The molecule has 0 saturated heterocycles. The first-order chi connectivity index (χ1) is 16.1. The lowest BCUT2D eigenvalue weighted by Gasteiger charge is -2.17. The van der Waals surface area contributed by atoms with E-state index in [1.165, 1.54) is 0 Å². The molecule has 4 rings (SSSR count). The molecule has 168 valence electrons. The maximum atomic E-state index is 11.9. The molecule has 7 heteroatoms. The molecule has 1 aromatic heterocycles. The zero-order valence-electron chi connectivity index (χ0n) is 18.6. The van der Waals surface area contributed by atoms with Gasteiger partial charge in [0.05, 0.1) is 19.9 Å². The SMILES string of the molecule is COc1cc(Nc2ncc(-c3ccccc3CN(C)C(=O)CN)o2)ccc1-c1ccccc1. The molecule has 0 aliphatic carbocycles. The van der Waals surface area contributed by atoms with E-state index < -0.39 is 0 Å². The molecule has 0 fully saturated rings. The topological polar surface area (TPSA) is 93.6 Å². The lowest BCUT2D eigenvalue weighted by molar-refractivity contribution is -0.128. The van der Waals surface area contributed by atoms with Crippen molar-refractivity contribution in [1.82, 2.24) is 9.88 Å². The number of carbonyl (C=O) groups is 1. The minimum Gasteiger partial charge on any atom is -0.496 e. The quantitative estimate of drug-likeness (QED) is 0.412. The van der Waals surface area contributed by atoms with E-state index in [1.54, 1.807) is 25.3 Å². The number of anilines is 2. The predicted octanol–water partition coefficient (Wildman–Crippen LogP) is 4.68. The van der Waals surface area contributed by atoms with Crippen LogP contribution < -0.4 is 15.8 Å². The number of benzene rings is 3. The molecule has 1 heterocycles. The van der Waals surface area contributed by atoms with Crippen molar-refractivity contribution in [2.45, 2.75) is 6.54 Å². The molecule has 0 atom stereocenters. The highest BCUT2D eigenvalue weighted by atomic mass is 16.5. The van der Waals surface area contributed by atoms with E-state index in [0.29, 0.717) is 18.3 Å². The van der Waals surface area contributed by atoms with E-state index in [1.807, 2.05) is 72.8 Å². The predicted molar refractivity (Wildman–Crippen MR) is 129 cm³/mol. The highest BCUT2D eigenvalue weighted by Gasteiger charge is 2.15. The maximum Gasteiger partial charge on any atom is 0.299 e. The van der Waals surface area contributed by atoms with Crippen LogP contribution in [0.5, 0.6) is 5.75 Å². The summed E-state index contributed by atoms with van der Waals surface area (Å²) in [6.07, 6.45) is 1.67. The summed E-state index contributed by atoms with van der Waals surface area (Å²) in [5.74, 6) is 1.23. The number of aromatic nitrogens is 1. The zero-order chi connectivity index (χ0) is 23.2. The molecule has 0 saturated carbocycles. The number of methoxy groups -OCH3 is 1. The first-order valence-electron chi connectivity index (χ1n) is 10.6. The highest BCUT2D eigenvalue weighted by Crippen LogP contribution is 2.34. The van der Waals surface area contributed by atoms with Crippen LogP contribution in [0.4, 0.5) is 11.7 Å². The van der Waals surface area contributed by atoms with Crippen LogP contribution in [0, 0.1) is 0 Å². The number of nitrogens with one attached hydrogen (secondary N) is 1. The standard InChI is InChI=1S/C26H26N4O3/c1-30(25(31)15-27)17-19-10-6-7-11-21(19)24-16-28-26(33-24)29-20-12-13-22(23(14-20)32-2)18-8-4-3-5-9-18/h3-14,16H,15,17,27H2,1-2H3,(H,28,29). The minimum atomic E-state index is -0.127. The van der Waals surface area contributed by atoms with Crippen molar-refractivity contribution in [3.63, 3.8) is 0 Å². The lowest BCUT2D eigenvalue weighted by Crippen LogP contribution is -2.32. The van der Waals surface area contributed by atoms with Crippen molar-refractivity contribution >= 4 is 17.6 Å². The summed E-state index contributed by atoms with van der Waals surface area (Å²) >= 11 is 0. The van der Waals surface area contributed by atoms with Gasteiger partial charge in [0.15, 0.2) is 5.76 Å². The number of amides is 1. The summed E-state index contributed by atoms with van der Waals surface area (Å²) in [4.78, 5) is 17.9. The van der Waals surface area contributed by atoms with Gasteiger partial charge in [0.25, 0.3) is 6.01 Å². The van der Waals surface area contributed by atoms with Crippen LogP contribution in [0.1, 0.15) is 5.56 Å². The van der Waals surface area contributed by atoms with Gasteiger partial charge in [0.2, 0.25) is 5.91 Å². The molecule has 0 radical (unpaired) electrons. The molecule has 1 amide bonds. The summed E-state index contributed by atoms with van der Waals surface area (Å²) in [5.41, 5.74) is 10.2. The van der Waals surface area contributed by atoms with Crippen LogP contribution in [0.2, 0.25) is 0 Å². The van der Waals surface area contributed by atoms with Crippen molar-refractivity contribution < 1.29 is 13.9 Å². The Bertz CT molecular complexity index is 1240. The van der Waals surface area contributed by atoms with Gasteiger partial charge in [-0.15, -0.1) is 0 Å². The third-order valence-electron chi connectivity index (χ3n) is 5.33. The average molecular weight is 443 g/mol. The summed E-state index contributed by atoms with van der Waals surface area (Å²) in [5, 5.41) is 3.20. The van der Waals surface area contributed by atoms with Gasteiger partial charge in [-0.2, -0.15) is 0 Å². The summed E-state index contributed by atoms with van der Waals surface area (Å²) < 4.78 is 11.6. The van der Waals surface area contributed by atoms with Gasteiger partial charge >= 0.3 is 0 Å². The second-order valence-corrected chi connectivity index (χ2v) is 7.55. The van der Waals surface area contributed by atoms with Gasteiger partial charge in [-0.3, -0.25) is 4.79 Å². The van der Waals surface area contributed by atoms with Crippen LogP contribution in [-0.4, -0.2) is 36.5 Å². The molecule has 0 bridgehead atoms. The molecule has 0 spiro atoms. The van der Waals surface area contributed by atoms with Gasteiger partial charge in [-0.05, 0) is 23.3 Å². The minimum absolute atomic E-state index is 0.0262. The normalized spacial score (nSPS) is 10.6. The van der Waals surface area contributed by atoms with E-state index in [2.05, 4.69) is 10.3 Å². The summed E-state index contributed by atoms with van der Waals surface area (Å²) in [6.45, 7) is 0.398. The van der Waals surface area contributed by atoms with E-state index in [9.17, 15) is 4.79 Å². The van der Waals surface area contributed by atoms with Crippen LogP contribution >= 0.6 is 0 Å². The molecular weight excluding hydrogens is 416 g/mol. The molecule has 0 unspecified atom stereocenters. The van der Waals surface area contributed by atoms with Crippen molar-refractivity contribution in [2.75, 3.05) is 26.0 Å². The van der Waals surface area contributed by atoms with E-state index in [0.717, 1.165) is 33.7 Å². The van der Waals surface area contributed by atoms with Gasteiger partial charge in [-0.25, -0.2) is 4.98 Å². The van der Waals surface area contributed by atoms with E-state index in [-0.39, 0.29) is 12.5 Å². The van der Waals surface area contributed by atoms with Gasteiger partial charge < -0.3 is 25.1 Å². The fourth-order valence-electron chi connectivity index (χ4n) is 3.60. The Morgan fingerprint density at radius 2 is 1.82 bits per heavy atom. The third kappa shape index (κ3) is 5.05. The molecule has 4 aromatic rings. The monoisotopic (exact) mass is 442 g/mol. The largest absolute Gasteiger partial charge is 0.496 e. The number of carbonyl (C=O) groups excluding carboxylic acids is 1. The number of rotatable bonds is 8. The molecule has 7 nitrogen and oxygen atoms in total. The average Bonchev–Trinajstić information content (AvgIpc) is 3.32. The fraction of sp³-hybridized carbons (Fsp3) is 0.154. The number of oxazole rings is 1. The molecule has 3 N–H and O–H groups in total. The number of hydrogen-bond donors (Lipinski definition) is 2. The third-order valence-corrected chi connectivity index (χ3v) is 5.33. The van der Waals surface area contributed by atoms with Crippen molar-refractivity contribution in [1.29, 1.82) is 0 Å². The first kappa shape index (κ1) is 22.1. The Kier molecular flexibility index (Phi) is 6.71. The van der Waals surface area contributed by atoms with E-state index in [4.69, 9.17) is 14.9 Å². The fourth-order valence-corrected chi connectivity index (χ4v) is 3.60. The number of nitrogens with two attached hydrogens (primary N) is 1. The maximum absolute atomic E-state index is 11.9. The van der Waals surface area contributed by atoms with Crippen LogP contribution in [0.15, 0.2) is 83.4 Å². The van der Waals surface area contributed by atoms with Crippen molar-refractivity contribution in [2.24, 2.45) is 5.73 Å². The zero-order valence-corrected chi connectivity index (χ0v) is 18.6. The van der Waals surface area contributed by atoms with Crippen molar-refractivity contribution in [3.05, 3.63) is 84.6 Å². The molecular formula is C26H26N4O3. The lowest BCUT2D eigenvalue weighted by atomic mass is 10.0. The Labute approximate surface area is 192 Å². The molecule has 33 heavy (non-hydrogen) atoms. The molecule has 0 aliphatic rings. The van der Waals surface area contributed by atoms with Crippen LogP contribution in [0.3, 0.4) is 0 Å². The molecule has 0 aliphatic heterocycles. The van der Waals surface area contributed by atoms with Crippen LogP contribution in [0.25, 0.3) is 22.5 Å². The Morgan fingerprint density at radius 3 is 2.58 bits per heavy atom. The van der Waals surface area contributed by atoms with Gasteiger partial charge in [0.1, 0.15) is 5.75 Å². The Balaban J connectivity index is 1.55. The summed E-state index contributed by atoms with van der Waals surface area (Å²) in [7, 11) is 3.38. The number of nitrogens with zero attached hydrogens (tertiary/aromatic N) is 2. The second-order valence-electron chi connectivity index (χ2n) is 7.55. The Hall–Kier alpha value is -4.10. The smallest absolute Gasteiger partial charge is 0.299 e. The van der Waals surface area contributed by atoms with Gasteiger partial charge in [0, 0.05) is 36.5 Å².